The van der Waals surface area contributed by atoms with E-state index in [9.17, 15) is 9.59 Å². The first-order valence-corrected chi connectivity index (χ1v) is 13.8. The highest BCUT2D eigenvalue weighted by atomic mass is 35.5. The average Bonchev–Trinajstić information content (AvgIpc) is 2.91. The summed E-state index contributed by atoms with van der Waals surface area (Å²) in [4.78, 5) is 40.7. The van der Waals surface area contributed by atoms with E-state index in [0.29, 0.717) is 47.2 Å². The molecule has 1 aromatic heterocycles. The summed E-state index contributed by atoms with van der Waals surface area (Å²) in [5, 5.41) is 4.41. The molecule has 2 saturated heterocycles. The van der Waals surface area contributed by atoms with Crippen molar-refractivity contribution < 1.29 is 9.59 Å². The molecule has 0 radical (unpaired) electrons. The van der Waals surface area contributed by atoms with Crippen molar-refractivity contribution in [2.45, 2.75) is 46.1 Å². The van der Waals surface area contributed by atoms with Crippen LogP contribution in [0.15, 0.2) is 24.5 Å². The Morgan fingerprint density at radius 1 is 1.00 bits per heavy atom. The number of amides is 2. The van der Waals surface area contributed by atoms with Crippen LogP contribution >= 0.6 is 23.2 Å². The van der Waals surface area contributed by atoms with E-state index in [1.165, 1.54) is 6.33 Å². The van der Waals surface area contributed by atoms with Crippen LogP contribution in [0.5, 0.6) is 0 Å². The molecule has 0 unspecified atom stereocenters. The summed E-state index contributed by atoms with van der Waals surface area (Å²) in [7, 11) is 0. The quantitative estimate of drug-likeness (QED) is 0.561. The topological polar surface area (TPSA) is 81.7 Å². The number of nitrogens with one attached hydrogen (secondary N) is 1. The van der Waals surface area contributed by atoms with E-state index >= 15 is 0 Å². The number of carbonyl (C=O) groups is 2. The molecular formula is C27H36Cl2N6O2. The third-order valence-electron chi connectivity index (χ3n) is 7.36. The number of rotatable bonds is 7. The molecule has 200 valence electrons. The molecule has 2 aliphatic heterocycles. The summed E-state index contributed by atoms with van der Waals surface area (Å²) in [6, 6.07) is 6.06. The Morgan fingerprint density at radius 2 is 1.70 bits per heavy atom. The van der Waals surface area contributed by atoms with Crippen LogP contribution in [0.3, 0.4) is 0 Å². The third-order valence-corrected chi connectivity index (χ3v) is 8.10. The number of piperidine rings is 1. The maximum atomic E-state index is 13.3. The number of aromatic nitrogens is 2. The van der Waals surface area contributed by atoms with E-state index in [1.54, 1.807) is 6.07 Å². The number of hydrogen-bond acceptors (Lipinski definition) is 6. The first kappa shape index (κ1) is 27.6. The van der Waals surface area contributed by atoms with Crippen molar-refractivity contribution in [2.24, 2.45) is 5.92 Å². The lowest BCUT2D eigenvalue weighted by molar-refractivity contribution is -0.136. The second-order valence-corrected chi connectivity index (χ2v) is 11.0. The lowest BCUT2D eigenvalue weighted by Crippen LogP contribution is -2.55. The van der Waals surface area contributed by atoms with Crippen LogP contribution in [0, 0.1) is 12.8 Å². The molecule has 2 fully saturated rings. The minimum Gasteiger partial charge on any atom is -0.369 e. The molecule has 0 aliphatic carbocycles. The Kier molecular flexibility index (Phi) is 9.27. The van der Waals surface area contributed by atoms with Crippen LogP contribution in [-0.2, 0) is 11.2 Å². The van der Waals surface area contributed by atoms with E-state index in [4.69, 9.17) is 23.2 Å². The maximum Gasteiger partial charge on any atom is 0.272 e. The number of benzene rings is 1. The van der Waals surface area contributed by atoms with E-state index in [1.807, 2.05) is 42.7 Å². The highest BCUT2D eigenvalue weighted by Crippen LogP contribution is 2.24. The molecule has 0 spiro atoms. The van der Waals surface area contributed by atoms with Crippen molar-refractivity contribution in [3.05, 3.63) is 51.4 Å². The molecule has 8 nitrogen and oxygen atoms in total. The largest absolute Gasteiger partial charge is 0.369 e. The van der Waals surface area contributed by atoms with Crippen molar-refractivity contribution in [3.63, 3.8) is 0 Å². The molecule has 2 aliphatic rings. The third kappa shape index (κ3) is 6.72. The number of likely N-dealkylation sites (tertiary alicyclic amines) is 1. The van der Waals surface area contributed by atoms with Gasteiger partial charge in [0, 0.05) is 63.3 Å². The normalized spacial score (nSPS) is 17.4. The van der Waals surface area contributed by atoms with E-state index in [0.717, 1.165) is 56.6 Å². The van der Waals surface area contributed by atoms with Crippen LogP contribution in [0.1, 0.15) is 48.3 Å². The van der Waals surface area contributed by atoms with Gasteiger partial charge in [0.15, 0.2) is 0 Å². The van der Waals surface area contributed by atoms with Crippen molar-refractivity contribution in [2.75, 3.05) is 51.1 Å². The van der Waals surface area contributed by atoms with Crippen LogP contribution in [0.4, 0.5) is 5.82 Å². The van der Waals surface area contributed by atoms with Gasteiger partial charge in [-0.3, -0.25) is 14.5 Å². The Bertz CT molecular complexity index is 1110. The molecule has 1 N–H and O–H groups in total. The van der Waals surface area contributed by atoms with Crippen molar-refractivity contribution >= 4 is 40.8 Å². The summed E-state index contributed by atoms with van der Waals surface area (Å²) >= 11 is 12.1. The maximum absolute atomic E-state index is 13.3. The number of anilines is 1. The standard InChI is InChI=1S/C27H36Cl2N6O2/c1-18(2)26(36)35-14-12-33(13-15-35)21-7-10-34(11-8-21)27(37)24-19(3)25(32-17-31-24)30-9-6-20-4-5-22(28)23(29)16-20/h4-5,16-18,21H,6-15H2,1-3H3,(H,30,31,32). The van der Waals surface area contributed by atoms with Gasteiger partial charge in [-0.15, -0.1) is 0 Å². The zero-order chi connectivity index (χ0) is 26.5. The molecule has 2 aromatic rings. The van der Waals surface area contributed by atoms with E-state index in [2.05, 4.69) is 20.2 Å². The van der Waals surface area contributed by atoms with Crippen LogP contribution in [-0.4, -0.2) is 88.3 Å². The fourth-order valence-corrected chi connectivity index (χ4v) is 5.44. The molecular weight excluding hydrogens is 511 g/mol. The van der Waals surface area contributed by atoms with Gasteiger partial charge >= 0.3 is 0 Å². The van der Waals surface area contributed by atoms with Crippen molar-refractivity contribution in [3.8, 4) is 0 Å². The number of nitrogens with zero attached hydrogens (tertiary/aromatic N) is 5. The molecule has 1 aromatic carbocycles. The summed E-state index contributed by atoms with van der Waals surface area (Å²) < 4.78 is 0. The lowest BCUT2D eigenvalue weighted by Gasteiger charge is -2.43. The zero-order valence-corrected chi connectivity index (χ0v) is 23.4. The molecule has 2 amide bonds. The Hall–Kier alpha value is -2.42. The zero-order valence-electron chi connectivity index (χ0n) is 21.8. The van der Waals surface area contributed by atoms with Gasteiger partial charge in [-0.05, 0) is 43.9 Å². The van der Waals surface area contributed by atoms with Crippen molar-refractivity contribution in [1.82, 2.24) is 24.7 Å². The summed E-state index contributed by atoms with van der Waals surface area (Å²) in [5.74, 6) is 0.910. The van der Waals surface area contributed by atoms with Crippen molar-refractivity contribution in [1.29, 1.82) is 0 Å². The van der Waals surface area contributed by atoms with Gasteiger partial charge in [0.25, 0.3) is 5.91 Å². The fraction of sp³-hybridized carbons (Fsp3) is 0.556. The minimum atomic E-state index is -0.0433. The van der Waals surface area contributed by atoms with Gasteiger partial charge in [-0.25, -0.2) is 9.97 Å². The van der Waals surface area contributed by atoms with Crippen LogP contribution in [0.25, 0.3) is 0 Å². The first-order valence-electron chi connectivity index (χ1n) is 13.1. The minimum absolute atomic E-state index is 0.0433. The summed E-state index contributed by atoms with van der Waals surface area (Å²) in [6.45, 7) is 11.2. The number of carbonyl (C=O) groups excluding carboxylic acids is 2. The molecule has 0 atom stereocenters. The molecule has 4 rings (SSSR count). The average molecular weight is 548 g/mol. The van der Waals surface area contributed by atoms with Gasteiger partial charge in [-0.2, -0.15) is 0 Å². The Labute approximate surface area is 229 Å². The van der Waals surface area contributed by atoms with E-state index < -0.39 is 0 Å². The fourth-order valence-electron chi connectivity index (χ4n) is 5.12. The predicted molar refractivity (Wildman–Crippen MR) is 147 cm³/mol. The second kappa shape index (κ2) is 12.4. The van der Waals surface area contributed by atoms with E-state index in [-0.39, 0.29) is 17.7 Å². The highest BCUT2D eigenvalue weighted by molar-refractivity contribution is 6.42. The monoisotopic (exact) mass is 546 g/mol. The van der Waals surface area contributed by atoms with Gasteiger partial charge < -0.3 is 15.1 Å². The molecule has 37 heavy (non-hydrogen) atoms. The van der Waals surface area contributed by atoms with Gasteiger partial charge in [0.1, 0.15) is 17.8 Å². The van der Waals surface area contributed by atoms with Crippen LogP contribution < -0.4 is 5.32 Å². The van der Waals surface area contributed by atoms with Gasteiger partial charge in [0.2, 0.25) is 5.91 Å². The number of halogens is 2. The highest BCUT2D eigenvalue weighted by Gasteiger charge is 2.31. The Balaban J connectivity index is 1.28. The predicted octanol–water partition coefficient (Wildman–Crippen LogP) is 4.15. The smallest absolute Gasteiger partial charge is 0.272 e. The SMILES string of the molecule is Cc1c(NCCc2ccc(Cl)c(Cl)c2)ncnc1C(=O)N1CCC(N2CCN(C(=O)C(C)C)CC2)CC1. The summed E-state index contributed by atoms with van der Waals surface area (Å²) in [6.07, 6.45) is 4.06. The molecule has 3 heterocycles. The number of piperazine rings is 1. The van der Waals surface area contributed by atoms with Crippen LogP contribution in [0.2, 0.25) is 10.0 Å². The first-order chi connectivity index (χ1) is 17.7. The number of hydrogen-bond donors (Lipinski definition) is 1. The molecule has 10 heteroatoms. The van der Waals surface area contributed by atoms with Gasteiger partial charge in [-0.1, -0.05) is 43.1 Å². The second-order valence-electron chi connectivity index (χ2n) is 10.2. The molecule has 0 saturated carbocycles. The summed E-state index contributed by atoms with van der Waals surface area (Å²) in [5.41, 5.74) is 2.28. The molecule has 0 bridgehead atoms. The van der Waals surface area contributed by atoms with Gasteiger partial charge in [0.05, 0.1) is 10.0 Å². The Morgan fingerprint density at radius 3 is 2.35 bits per heavy atom. The lowest BCUT2D eigenvalue weighted by atomic mass is 10.0.